The Hall–Kier alpha value is -1.53. The number of anilines is 1. The van der Waals surface area contributed by atoms with Gasteiger partial charge in [0.2, 0.25) is 0 Å². The van der Waals surface area contributed by atoms with Gasteiger partial charge in [-0.2, -0.15) is 0 Å². The van der Waals surface area contributed by atoms with Crippen LogP contribution in [0.25, 0.3) is 0 Å². The number of ether oxygens (including phenoxy) is 1. The third-order valence-electron chi connectivity index (χ3n) is 2.23. The van der Waals surface area contributed by atoms with Crippen LogP contribution in [0, 0.1) is 0 Å². The number of nitrogens with one attached hydrogen (secondary N) is 1. The molecule has 78 valence electrons. The molecule has 0 aromatic heterocycles. The molecule has 2 rings (SSSR count). The zero-order valence-electron chi connectivity index (χ0n) is 8.10. The summed E-state index contributed by atoms with van der Waals surface area (Å²) in [5.41, 5.74) is 0.774. The highest BCUT2D eigenvalue weighted by atomic mass is 16.5. The first-order chi connectivity index (χ1) is 7.08. The molecule has 0 fully saturated rings. The first-order valence-electron chi connectivity index (χ1n) is 4.55. The van der Waals surface area contributed by atoms with E-state index in [2.05, 4.69) is 5.32 Å². The van der Waals surface area contributed by atoms with Crippen molar-refractivity contribution in [3.8, 4) is 5.75 Å². The normalized spacial score (nSPS) is 18.9. The highest BCUT2D eigenvalue weighted by molar-refractivity contribution is 6.58. The molecule has 15 heavy (non-hydrogen) atoms. The van der Waals surface area contributed by atoms with E-state index in [0.29, 0.717) is 16.9 Å². The van der Waals surface area contributed by atoms with Crippen LogP contribution in [-0.2, 0) is 4.79 Å². The van der Waals surface area contributed by atoms with Crippen LogP contribution in [0.2, 0.25) is 0 Å². The second-order valence-corrected chi connectivity index (χ2v) is 3.38. The number of fused-ring (bicyclic) bond motifs is 1. The van der Waals surface area contributed by atoms with E-state index >= 15 is 0 Å². The Labute approximate surface area is 86.8 Å². The molecule has 1 heterocycles. The Bertz CT molecular complexity index is 407. The molecule has 1 aliphatic rings. The van der Waals surface area contributed by atoms with E-state index in [0.717, 1.165) is 0 Å². The summed E-state index contributed by atoms with van der Waals surface area (Å²) >= 11 is 0. The number of rotatable bonds is 1. The van der Waals surface area contributed by atoms with Gasteiger partial charge in [-0.25, -0.2) is 0 Å². The zero-order chi connectivity index (χ0) is 11.0. The smallest absolute Gasteiger partial charge is 0.479 e. The number of hydrogen-bond acceptors (Lipinski definition) is 4. The SMILES string of the molecule is CC1Oc2ccc(B(O)O)cc2NC1=O. The van der Waals surface area contributed by atoms with Crippen LogP contribution in [0.1, 0.15) is 6.92 Å². The molecule has 1 amide bonds. The molecule has 0 spiro atoms. The van der Waals surface area contributed by atoms with Crippen molar-refractivity contribution in [2.24, 2.45) is 0 Å². The molecule has 0 bridgehead atoms. The Morgan fingerprint density at radius 3 is 2.87 bits per heavy atom. The van der Waals surface area contributed by atoms with E-state index in [-0.39, 0.29) is 5.91 Å². The predicted molar refractivity (Wildman–Crippen MR) is 55.0 cm³/mol. The van der Waals surface area contributed by atoms with E-state index < -0.39 is 13.2 Å². The first-order valence-corrected chi connectivity index (χ1v) is 4.55. The highest BCUT2D eigenvalue weighted by Gasteiger charge is 2.24. The lowest BCUT2D eigenvalue weighted by Gasteiger charge is -2.23. The van der Waals surface area contributed by atoms with Crippen molar-refractivity contribution >= 4 is 24.2 Å². The topological polar surface area (TPSA) is 78.8 Å². The number of carbonyl (C=O) groups is 1. The van der Waals surface area contributed by atoms with Crippen LogP contribution in [0.4, 0.5) is 5.69 Å². The van der Waals surface area contributed by atoms with Crippen LogP contribution >= 0.6 is 0 Å². The molecule has 0 saturated carbocycles. The molecular formula is C9H10BNO4. The maximum absolute atomic E-state index is 11.3. The summed E-state index contributed by atoms with van der Waals surface area (Å²) in [6.07, 6.45) is -0.526. The fraction of sp³-hybridized carbons (Fsp3) is 0.222. The van der Waals surface area contributed by atoms with Crippen molar-refractivity contribution < 1.29 is 19.6 Å². The van der Waals surface area contributed by atoms with E-state index in [9.17, 15) is 4.79 Å². The third kappa shape index (κ3) is 1.81. The van der Waals surface area contributed by atoms with Gasteiger partial charge in [-0.05, 0) is 24.5 Å². The lowest BCUT2D eigenvalue weighted by atomic mass is 9.80. The van der Waals surface area contributed by atoms with Crippen LogP contribution in [0.3, 0.4) is 0 Å². The predicted octanol–water partition coefficient (Wildman–Crippen LogP) is -0.914. The van der Waals surface area contributed by atoms with Gasteiger partial charge in [-0.15, -0.1) is 0 Å². The average molecular weight is 207 g/mol. The molecule has 0 saturated heterocycles. The molecule has 1 aromatic carbocycles. The number of hydrogen-bond donors (Lipinski definition) is 3. The molecule has 1 atom stereocenters. The standard InChI is InChI=1S/C9H10BNO4/c1-5-9(12)11-7-4-6(10(13)14)2-3-8(7)15-5/h2-5,13-14H,1H3,(H,11,12). The van der Waals surface area contributed by atoms with Gasteiger partial charge < -0.3 is 20.1 Å². The average Bonchev–Trinajstić information content (AvgIpc) is 2.19. The largest absolute Gasteiger partial charge is 0.488 e. The van der Waals surface area contributed by atoms with Gasteiger partial charge in [0.15, 0.2) is 6.10 Å². The maximum atomic E-state index is 11.3. The summed E-state index contributed by atoms with van der Waals surface area (Å²) in [4.78, 5) is 11.3. The van der Waals surface area contributed by atoms with Crippen LogP contribution in [0.5, 0.6) is 5.75 Å². The van der Waals surface area contributed by atoms with Crippen molar-refractivity contribution in [3.05, 3.63) is 18.2 Å². The van der Waals surface area contributed by atoms with E-state index in [1.165, 1.54) is 12.1 Å². The van der Waals surface area contributed by atoms with E-state index in [4.69, 9.17) is 14.8 Å². The minimum absolute atomic E-state index is 0.243. The lowest BCUT2D eigenvalue weighted by molar-refractivity contribution is -0.122. The highest BCUT2D eigenvalue weighted by Crippen LogP contribution is 2.27. The van der Waals surface area contributed by atoms with E-state index in [1.807, 2.05) is 0 Å². The van der Waals surface area contributed by atoms with Crippen LogP contribution in [0.15, 0.2) is 18.2 Å². The summed E-state index contributed by atoms with van der Waals surface area (Å²) in [6, 6.07) is 4.61. The van der Waals surface area contributed by atoms with Gasteiger partial charge in [0, 0.05) is 0 Å². The summed E-state index contributed by atoms with van der Waals surface area (Å²) in [6.45, 7) is 1.65. The first kappa shape index (κ1) is 10.0. The molecule has 6 heteroatoms. The molecule has 5 nitrogen and oxygen atoms in total. The van der Waals surface area contributed by atoms with Crippen molar-refractivity contribution in [2.75, 3.05) is 5.32 Å². The molecule has 3 N–H and O–H groups in total. The lowest BCUT2D eigenvalue weighted by Crippen LogP contribution is -2.36. The fourth-order valence-corrected chi connectivity index (χ4v) is 1.39. The number of carbonyl (C=O) groups excluding carboxylic acids is 1. The molecule has 1 aliphatic heterocycles. The Morgan fingerprint density at radius 1 is 1.47 bits per heavy atom. The van der Waals surface area contributed by atoms with Crippen molar-refractivity contribution in [1.82, 2.24) is 0 Å². The Balaban J connectivity index is 2.37. The third-order valence-corrected chi connectivity index (χ3v) is 2.23. The second-order valence-electron chi connectivity index (χ2n) is 3.38. The van der Waals surface area contributed by atoms with Gasteiger partial charge in [-0.3, -0.25) is 4.79 Å². The fourth-order valence-electron chi connectivity index (χ4n) is 1.39. The van der Waals surface area contributed by atoms with Gasteiger partial charge in [0.25, 0.3) is 5.91 Å². The molecule has 0 radical (unpaired) electrons. The van der Waals surface area contributed by atoms with Crippen LogP contribution in [-0.4, -0.2) is 29.2 Å². The summed E-state index contributed by atoms with van der Waals surface area (Å²) in [7, 11) is -1.55. The maximum Gasteiger partial charge on any atom is 0.488 e. The number of benzene rings is 1. The summed E-state index contributed by atoms with van der Waals surface area (Å²) < 4.78 is 5.30. The summed E-state index contributed by atoms with van der Waals surface area (Å²) in [5, 5.41) is 20.5. The number of amides is 1. The summed E-state index contributed by atoms with van der Waals surface area (Å²) in [5.74, 6) is 0.290. The Morgan fingerprint density at radius 2 is 2.20 bits per heavy atom. The van der Waals surface area contributed by atoms with Gasteiger partial charge in [-0.1, -0.05) is 6.07 Å². The zero-order valence-corrected chi connectivity index (χ0v) is 8.10. The van der Waals surface area contributed by atoms with Crippen molar-refractivity contribution in [3.63, 3.8) is 0 Å². The van der Waals surface area contributed by atoms with Crippen molar-refractivity contribution in [1.29, 1.82) is 0 Å². The molecule has 0 aliphatic carbocycles. The minimum atomic E-state index is -1.55. The van der Waals surface area contributed by atoms with Crippen molar-refractivity contribution in [2.45, 2.75) is 13.0 Å². The monoisotopic (exact) mass is 207 g/mol. The molecular weight excluding hydrogens is 197 g/mol. The van der Waals surface area contributed by atoms with Gasteiger partial charge in [0.05, 0.1) is 5.69 Å². The molecule has 1 aromatic rings. The minimum Gasteiger partial charge on any atom is -0.479 e. The second kappa shape index (κ2) is 3.56. The van der Waals surface area contributed by atoms with E-state index in [1.54, 1.807) is 13.0 Å². The van der Waals surface area contributed by atoms with Crippen LogP contribution < -0.4 is 15.5 Å². The van der Waals surface area contributed by atoms with Gasteiger partial charge >= 0.3 is 7.12 Å². The van der Waals surface area contributed by atoms with Gasteiger partial charge in [0.1, 0.15) is 5.75 Å². The Kier molecular flexibility index (Phi) is 2.38. The molecule has 1 unspecified atom stereocenters. The quantitative estimate of drug-likeness (QED) is 0.520.